The zero-order valence-corrected chi connectivity index (χ0v) is 17.6. The Kier molecular flexibility index (Phi) is 6.58. The van der Waals surface area contributed by atoms with Crippen LogP contribution in [0.25, 0.3) is 6.08 Å². The van der Waals surface area contributed by atoms with Crippen molar-refractivity contribution in [1.82, 2.24) is 4.90 Å². The number of halogens is 1. The highest BCUT2D eigenvalue weighted by Gasteiger charge is 2.36. The van der Waals surface area contributed by atoms with Gasteiger partial charge in [0, 0.05) is 0 Å². The third-order valence-electron chi connectivity index (χ3n) is 4.02. The molecule has 1 aliphatic rings. The molecule has 1 saturated heterocycles. The molecule has 0 saturated carbocycles. The van der Waals surface area contributed by atoms with E-state index < -0.39 is 29.6 Å². The second kappa shape index (κ2) is 9.14. The average molecular weight is 492 g/mol. The van der Waals surface area contributed by atoms with Crippen LogP contribution in [-0.2, 0) is 16.2 Å². The number of aliphatic carboxylic acids is 1. The largest absolute Gasteiger partial charge is 0.488 e. The van der Waals surface area contributed by atoms with Crippen LogP contribution in [0.2, 0.25) is 0 Å². The number of amides is 2. The van der Waals surface area contributed by atoms with Gasteiger partial charge in [-0.15, -0.1) is 0 Å². The third kappa shape index (κ3) is 5.08. The minimum absolute atomic E-state index is 0.139. The van der Waals surface area contributed by atoms with Crippen LogP contribution in [0.4, 0.5) is 4.79 Å². The Hall–Kier alpha value is -3.11. The molecule has 2 aromatic rings. The third-order valence-corrected chi connectivity index (χ3v) is 5.54. The molecule has 3 rings (SSSR count). The summed E-state index contributed by atoms with van der Waals surface area (Å²) >= 11 is 4.08. The second-order valence-corrected chi connectivity index (χ2v) is 7.99. The van der Waals surface area contributed by atoms with Crippen molar-refractivity contribution in [2.75, 3.05) is 6.54 Å². The van der Waals surface area contributed by atoms with E-state index in [9.17, 15) is 19.2 Å². The number of carboxylic acid groups (broad SMARTS) is 2. The smallest absolute Gasteiger partial charge is 0.335 e. The number of carboxylic acids is 2. The molecule has 1 aliphatic heterocycles. The van der Waals surface area contributed by atoms with Gasteiger partial charge in [-0.3, -0.25) is 19.3 Å². The van der Waals surface area contributed by atoms with Gasteiger partial charge >= 0.3 is 11.9 Å². The van der Waals surface area contributed by atoms with E-state index in [4.69, 9.17) is 14.9 Å². The van der Waals surface area contributed by atoms with Crippen LogP contribution in [0.3, 0.4) is 0 Å². The van der Waals surface area contributed by atoms with Gasteiger partial charge in [0.25, 0.3) is 11.1 Å². The molecular formula is C20H14BrNO7S. The number of nitrogens with zero attached hydrogens (tertiary/aromatic N) is 1. The molecule has 2 aromatic carbocycles. The fraction of sp³-hybridized carbons (Fsp3) is 0.100. The summed E-state index contributed by atoms with van der Waals surface area (Å²) in [6, 6.07) is 11.4. The average Bonchev–Trinajstić information content (AvgIpc) is 2.94. The van der Waals surface area contributed by atoms with Crippen molar-refractivity contribution in [3.05, 3.63) is 68.5 Å². The van der Waals surface area contributed by atoms with Crippen LogP contribution >= 0.6 is 27.7 Å². The SMILES string of the molecule is O=C(O)CN1C(=O)S/C(=C/c2ccc(OCc3ccc(C(=O)O)cc3)c(Br)c2)C1=O. The van der Waals surface area contributed by atoms with E-state index in [0.717, 1.165) is 5.56 Å². The van der Waals surface area contributed by atoms with E-state index >= 15 is 0 Å². The van der Waals surface area contributed by atoms with E-state index in [2.05, 4.69) is 15.9 Å². The fourth-order valence-corrected chi connectivity index (χ4v) is 3.90. The van der Waals surface area contributed by atoms with Gasteiger partial charge in [-0.25, -0.2) is 4.79 Å². The van der Waals surface area contributed by atoms with Gasteiger partial charge in [-0.05, 0) is 69.2 Å². The number of ether oxygens (including phenoxy) is 1. The second-order valence-electron chi connectivity index (χ2n) is 6.14. The lowest BCUT2D eigenvalue weighted by Gasteiger charge is -2.10. The molecule has 10 heteroatoms. The van der Waals surface area contributed by atoms with Crippen LogP contribution in [-0.4, -0.2) is 44.7 Å². The van der Waals surface area contributed by atoms with Crippen molar-refractivity contribution in [2.24, 2.45) is 0 Å². The summed E-state index contributed by atoms with van der Waals surface area (Å²) in [4.78, 5) is 46.5. The molecule has 0 bridgehead atoms. The Labute approximate surface area is 183 Å². The molecule has 0 aliphatic carbocycles. The van der Waals surface area contributed by atoms with Gasteiger partial charge in [0.05, 0.1) is 14.9 Å². The minimum Gasteiger partial charge on any atom is -0.488 e. The Bertz CT molecular complexity index is 1070. The predicted molar refractivity (Wildman–Crippen MR) is 112 cm³/mol. The van der Waals surface area contributed by atoms with Crippen molar-refractivity contribution in [3.8, 4) is 5.75 Å². The first kappa shape index (κ1) is 21.6. The number of hydrogen-bond donors (Lipinski definition) is 2. The standard InChI is InChI=1S/C20H14BrNO7S/c21-14-7-12(8-16-18(25)22(9-17(23)24)20(28)30-16)3-6-15(14)29-10-11-1-4-13(5-2-11)19(26)27/h1-8H,9-10H2,(H,23,24)(H,26,27)/b16-8+. The van der Waals surface area contributed by atoms with Gasteiger partial charge in [0.2, 0.25) is 0 Å². The Morgan fingerprint density at radius 1 is 1.10 bits per heavy atom. The Morgan fingerprint density at radius 3 is 2.40 bits per heavy atom. The minimum atomic E-state index is -1.26. The molecule has 1 fully saturated rings. The maximum atomic E-state index is 12.2. The summed E-state index contributed by atoms with van der Waals surface area (Å²) in [5, 5.41) is 17.1. The lowest BCUT2D eigenvalue weighted by Crippen LogP contribution is -2.33. The topological polar surface area (TPSA) is 121 Å². The summed E-state index contributed by atoms with van der Waals surface area (Å²) in [6.45, 7) is -0.447. The van der Waals surface area contributed by atoms with E-state index in [1.807, 2.05) is 0 Å². The van der Waals surface area contributed by atoms with Crippen molar-refractivity contribution in [2.45, 2.75) is 6.61 Å². The molecule has 2 N–H and O–H groups in total. The normalized spacial score (nSPS) is 15.0. The van der Waals surface area contributed by atoms with Crippen LogP contribution in [0.1, 0.15) is 21.5 Å². The number of hydrogen-bond acceptors (Lipinski definition) is 6. The van der Waals surface area contributed by atoms with Crippen LogP contribution in [0.15, 0.2) is 51.8 Å². The van der Waals surface area contributed by atoms with E-state index in [-0.39, 0.29) is 17.1 Å². The first-order valence-electron chi connectivity index (χ1n) is 8.46. The Morgan fingerprint density at radius 2 is 1.80 bits per heavy atom. The van der Waals surface area contributed by atoms with Crippen LogP contribution < -0.4 is 4.74 Å². The molecule has 8 nitrogen and oxygen atoms in total. The number of carbonyl (C=O) groups excluding carboxylic acids is 2. The zero-order valence-electron chi connectivity index (χ0n) is 15.2. The highest BCUT2D eigenvalue weighted by atomic mass is 79.9. The maximum absolute atomic E-state index is 12.2. The predicted octanol–water partition coefficient (Wildman–Crippen LogP) is 3.85. The van der Waals surface area contributed by atoms with E-state index in [1.54, 1.807) is 30.3 Å². The van der Waals surface area contributed by atoms with Gasteiger partial charge in [-0.1, -0.05) is 18.2 Å². The molecular weight excluding hydrogens is 478 g/mol. The van der Waals surface area contributed by atoms with Gasteiger partial charge < -0.3 is 14.9 Å². The number of aromatic carboxylic acids is 1. The lowest BCUT2D eigenvalue weighted by molar-refractivity contribution is -0.140. The summed E-state index contributed by atoms with van der Waals surface area (Å²) in [5.41, 5.74) is 1.61. The first-order valence-corrected chi connectivity index (χ1v) is 10.1. The summed E-state index contributed by atoms with van der Waals surface area (Å²) in [7, 11) is 0. The molecule has 154 valence electrons. The van der Waals surface area contributed by atoms with Crippen molar-refractivity contribution < 1.29 is 34.1 Å². The van der Waals surface area contributed by atoms with Crippen molar-refractivity contribution in [3.63, 3.8) is 0 Å². The molecule has 0 spiro atoms. The van der Waals surface area contributed by atoms with Crippen LogP contribution in [0, 0.1) is 0 Å². The molecule has 0 aromatic heterocycles. The molecule has 2 amide bonds. The van der Waals surface area contributed by atoms with Crippen molar-refractivity contribution in [1.29, 1.82) is 0 Å². The quantitative estimate of drug-likeness (QED) is 0.560. The molecule has 0 radical (unpaired) electrons. The lowest BCUT2D eigenvalue weighted by atomic mass is 10.1. The molecule has 30 heavy (non-hydrogen) atoms. The number of carbonyl (C=O) groups is 4. The maximum Gasteiger partial charge on any atom is 0.335 e. The number of rotatable bonds is 7. The fourth-order valence-electron chi connectivity index (χ4n) is 2.55. The van der Waals surface area contributed by atoms with Gasteiger partial charge in [0.15, 0.2) is 0 Å². The van der Waals surface area contributed by atoms with Gasteiger partial charge in [0.1, 0.15) is 18.9 Å². The zero-order chi connectivity index (χ0) is 21.8. The monoisotopic (exact) mass is 491 g/mol. The number of thioether (sulfide) groups is 1. The highest BCUT2D eigenvalue weighted by Crippen LogP contribution is 2.34. The first-order chi connectivity index (χ1) is 14.2. The summed E-state index contributed by atoms with van der Waals surface area (Å²) < 4.78 is 6.35. The van der Waals surface area contributed by atoms with Crippen molar-refractivity contribution >= 4 is 56.9 Å². The summed E-state index contributed by atoms with van der Waals surface area (Å²) in [6.07, 6.45) is 1.51. The highest BCUT2D eigenvalue weighted by molar-refractivity contribution is 9.10. The number of benzene rings is 2. The number of imide groups is 1. The molecule has 0 unspecified atom stereocenters. The van der Waals surface area contributed by atoms with E-state index in [1.165, 1.54) is 18.2 Å². The summed E-state index contributed by atoms with van der Waals surface area (Å²) in [5.74, 6) is -2.37. The Balaban J connectivity index is 1.68. The molecule has 1 heterocycles. The van der Waals surface area contributed by atoms with Crippen LogP contribution in [0.5, 0.6) is 5.75 Å². The van der Waals surface area contributed by atoms with Gasteiger partial charge in [-0.2, -0.15) is 0 Å². The molecule has 0 atom stereocenters. The van der Waals surface area contributed by atoms with E-state index in [0.29, 0.717) is 32.4 Å².